The number of carbonyl (C=O) groups excluding carboxylic acids is 2. The number of carbonyl (C=O) groups is 2. The van der Waals surface area contributed by atoms with Crippen LogP contribution in [0.2, 0.25) is 0 Å². The van der Waals surface area contributed by atoms with E-state index in [1.807, 2.05) is 51.4 Å². The number of β-amino-alcohol motifs (C(OH)–C–C–N with tert-alkyl or cyclic N) is 1. The van der Waals surface area contributed by atoms with Gasteiger partial charge in [-0.1, -0.05) is 32.1 Å². The number of aliphatic hydroxyl groups excluding tert-OH is 1. The van der Waals surface area contributed by atoms with Gasteiger partial charge in [0.2, 0.25) is 11.8 Å². The van der Waals surface area contributed by atoms with Gasteiger partial charge in [-0.2, -0.15) is 0 Å². The standard InChI is InChI=1S/C26H34N6O3/c1-26(2,3)23(32-16-21(28-29-32)18-7-8-18)25(35)31-15-20(33)13-22(31)24(34)27-10-9-17-12-19-6-4-5-11-30(19)14-17/h4-6,11-12,14,16,18,20,22-23,33H,7-10,13,15H2,1-3H3,(H,27,34)/t20?,22?,23-/m1/s1. The number of fused-ring (bicyclic) bond motifs is 1. The van der Waals surface area contributed by atoms with E-state index in [9.17, 15) is 14.7 Å². The zero-order valence-electron chi connectivity index (χ0n) is 20.6. The molecule has 2 unspecified atom stereocenters. The lowest BCUT2D eigenvalue weighted by Gasteiger charge is -2.34. The first-order chi connectivity index (χ1) is 16.7. The number of nitrogens with one attached hydrogen (secondary N) is 1. The molecule has 35 heavy (non-hydrogen) atoms. The Bertz CT molecular complexity index is 1190. The van der Waals surface area contributed by atoms with Crippen LogP contribution in [0.4, 0.5) is 0 Å². The molecule has 1 saturated carbocycles. The average Bonchev–Trinajstić information content (AvgIpc) is 3.21. The minimum atomic E-state index is -0.732. The van der Waals surface area contributed by atoms with Gasteiger partial charge in [-0.25, -0.2) is 4.68 Å². The third kappa shape index (κ3) is 4.96. The van der Waals surface area contributed by atoms with Crippen LogP contribution in [-0.4, -0.2) is 66.5 Å². The smallest absolute Gasteiger partial charge is 0.248 e. The van der Waals surface area contributed by atoms with Gasteiger partial charge in [-0.05, 0) is 48.4 Å². The van der Waals surface area contributed by atoms with Crippen molar-refractivity contribution in [2.24, 2.45) is 5.41 Å². The Balaban J connectivity index is 1.27. The topological polar surface area (TPSA) is 105 Å². The highest BCUT2D eigenvalue weighted by molar-refractivity contribution is 5.90. The molecule has 9 heteroatoms. The fourth-order valence-electron chi connectivity index (χ4n) is 5.03. The molecule has 2 aliphatic rings. The molecule has 4 heterocycles. The van der Waals surface area contributed by atoms with Gasteiger partial charge in [0, 0.05) is 49.5 Å². The van der Waals surface area contributed by atoms with Crippen molar-refractivity contribution >= 4 is 17.3 Å². The Morgan fingerprint density at radius 3 is 2.74 bits per heavy atom. The summed E-state index contributed by atoms with van der Waals surface area (Å²) in [4.78, 5) is 28.4. The number of hydrogen-bond donors (Lipinski definition) is 2. The van der Waals surface area contributed by atoms with Gasteiger partial charge in [0.1, 0.15) is 12.1 Å². The number of likely N-dealkylation sites (tertiary alicyclic amines) is 1. The molecule has 9 nitrogen and oxygen atoms in total. The molecule has 1 aliphatic carbocycles. The zero-order chi connectivity index (χ0) is 24.7. The summed E-state index contributed by atoms with van der Waals surface area (Å²) in [5, 5.41) is 21.9. The fraction of sp³-hybridized carbons (Fsp3) is 0.538. The second kappa shape index (κ2) is 9.11. The van der Waals surface area contributed by atoms with Crippen LogP contribution in [0.1, 0.15) is 63.3 Å². The summed E-state index contributed by atoms with van der Waals surface area (Å²) in [6.45, 7) is 6.55. The summed E-state index contributed by atoms with van der Waals surface area (Å²) < 4.78 is 3.70. The van der Waals surface area contributed by atoms with Crippen molar-refractivity contribution in [3.05, 3.63) is 54.1 Å². The molecule has 3 atom stereocenters. The Morgan fingerprint density at radius 1 is 1.23 bits per heavy atom. The molecular formula is C26H34N6O3. The van der Waals surface area contributed by atoms with Gasteiger partial charge >= 0.3 is 0 Å². The van der Waals surface area contributed by atoms with Gasteiger partial charge in [0.25, 0.3) is 0 Å². The van der Waals surface area contributed by atoms with E-state index in [4.69, 9.17) is 0 Å². The van der Waals surface area contributed by atoms with Crippen LogP contribution in [0.15, 0.2) is 42.9 Å². The summed E-state index contributed by atoms with van der Waals surface area (Å²) in [6.07, 6.45) is 8.31. The molecule has 0 radical (unpaired) electrons. The monoisotopic (exact) mass is 478 g/mol. The van der Waals surface area contributed by atoms with E-state index in [-0.39, 0.29) is 24.8 Å². The fourth-order valence-corrected chi connectivity index (χ4v) is 5.03. The molecule has 0 spiro atoms. The molecule has 186 valence electrons. The van der Waals surface area contributed by atoms with Crippen LogP contribution in [0.25, 0.3) is 5.52 Å². The SMILES string of the molecule is CC(C)(C)[C@@H](C(=O)N1CC(O)CC1C(=O)NCCc1cc2ccccn2c1)n1cc(C2CC2)nn1. The summed E-state index contributed by atoms with van der Waals surface area (Å²) in [5.41, 5.74) is 2.70. The molecule has 1 aliphatic heterocycles. The van der Waals surface area contributed by atoms with Crippen molar-refractivity contribution in [2.75, 3.05) is 13.1 Å². The first-order valence-corrected chi connectivity index (χ1v) is 12.4. The van der Waals surface area contributed by atoms with E-state index >= 15 is 0 Å². The molecule has 0 aromatic carbocycles. The minimum Gasteiger partial charge on any atom is -0.391 e. The van der Waals surface area contributed by atoms with Crippen molar-refractivity contribution in [1.82, 2.24) is 29.6 Å². The Hall–Kier alpha value is -3.20. The molecular weight excluding hydrogens is 444 g/mol. The Morgan fingerprint density at radius 2 is 2.03 bits per heavy atom. The minimum absolute atomic E-state index is 0.137. The predicted octanol–water partition coefficient (Wildman–Crippen LogP) is 2.32. The van der Waals surface area contributed by atoms with Crippen LogP contribution in [-0.2, 0) is 16.0 Å². The maximum Gasteiger partial charge on any atom is 0.248 e. The third-order valence-corrected chi connectivity index (χ3v) is 6.98. The normalized spacial score (nSPS) is 21.4. The van der Waals surface area contributed by atoms with E-state index in [2.05, 4.69) is 32.3 Å². The molecule has 5 rings (SSSR count). The van der Waals surface area contributed by atoms with Crippen molar-refractivity contribution in [2.45, 2.75) is 70.6 Å². The van der Waals surface area contributed by atoms with Gasteiger partial charge in [-0.15, -0.1) is 5.10 Å². The summed E-state index contributed by atoms with van der Waals surface area (Å²) >= 11 is 0. The van der Waals surface area contributed by atoms with Gasteiger partial charge < -0.3 is 19.7 Å². The number of amides is 2. The van der Waals surface area contributed by atoms with Crippen molar-refractivity contribution in [1.29, 1.82) is 0 Å². The van der Waals surface area contributed by atoms with Gasteiger partial charge in [0.05, 0.1) is 11.8 Å². The average molecular weight is 479 g/mol. The number of hydrogen-bond acceptors (Lipinski definition) is 5. The lowest BCUT2D eigenvalue weighted by Crippen LogP contribution is -2.50. The molecule has 3 aromatic heterocycles. The Labute approximate surface area is 205 Å². The van der Waals surface area contributed by atoms with E-state index < -0.39 is 23.6 Å². The van der Waals surface area contributed by atoms with E-state index in [1.54, 1.807) is 4.68 Å². The molecule has 2 amide bonds. The van der Waals surface area contributed by atoms with Crippen molar-refractivity contribution < 1.29 is 14.7 Å². The Kier molecular flexibility index (Phi) is 6.13. The highest BCUT2D eigenvalue weighted by Gasteiger charge is 2.45. The maximum atomic E-state index is 13.8. The molecule has 2 N–H and O–H groups in total. The van der Waals surface area contributed by atoms with Crippen LogP contribution in [0.5, 0.6) is 0 Å². The summed E-state index contributed by atoms with van der Waals surface area (Å²) in [5.74, 6) is -0.00580. The quantitative estimate of drug-likeness (QED) is 0.542. The second-order valence-corrected chi connectivity index (χ2v) is 11.0. The largest absolute Gasteiger partial charge is 0.391 e. The zero-order valence-corrected chi connectivity index (χ0v) is 20.6. The van der Waals surface area contributed by atoms with E-state index in [0.29, 0.717) is 18.9 Å². The number of nitrogens with zero attached hydrogens (tertiary/aromatic N) is 5. The highest BCUT2D eigenvalue weighted by Crippen LogP contribution is 2.40. The third-order valence-electron chi connectivity index (χ3n) is 6.98. The highest BCUT2D eigenvalue weighted by atomic mass is 16.3. The van der Waals surface area contributed by atoms with Crippen LogP contribution >= 0.6 is 0 Å². The summed E-state index contributed by atoms with van der Waals surface area (Å²) in [7, 11) is 0. The molecule has 2 fully saturated rings. The predicted molar refractivity (Wildman–Crippen MR) is 131 cm³/mol. The van der Waals surface area contributed by atoms with Gasteiger partial charge in [-0.3, -0.25) is 9.59 Å². The maximum absolute atomic E-state index is 13.8. The second-order valence-electron chi connectivity index (χ2n) is 11.0. The number of aliphatic hydroxyl groups is 1. The molecule has 0 bridgehead atoms. The van der Waals surface area contributed by atoms with E-state index in [1.165, 1.54) is 4.90 Å². The molecule has 1 saturated heterocycles. The van der Waals surface area contributed by atoms with Crippen LogP contribution in [0, 0.1) is 5.41 Å². The molecule has 3 aromatic rings. The van der Waals surface area contributed by atoms with E-state index in [0.717, 1.165) is 29.6 Å². The first-order valence-electron chi connectivity index (χ1n) is 12.4. The number of aromatic nitrogens is 4. The van der Waals surface area contributed by atoms with Gasteiger partial charge in [0.15, 0.2) is 0 Å². The lowest BCUT2D eigenvalue weighted by atomic mass is 9.85. The number of pyridine rings is 1. The van der Waals surface area contributed by atoms with Crippen molar-refractivity contribution in [3.8, 4) is 0 Å². The lowest BCUT2D eigenvalue weighted by molar-refractivity contribution is -0.144. The van der Waals surface area contributed by atoms with Crippen LogP contribution < -0.4 is 5.32 Å². The van der Waals surface area contributed by atoms with Crippen LogP contribution in [0.3, 0.4) is 0 Å². The van der Waals surface area contributed by atoms with Crippen molar-refractivity contribution in [3.63, 3.8) is 0 Å². The summed E-state index contributed by atoms with van der Waals surface area (Å²) in [6, 6.07) is 6.79. The first kappa shape index (κ1) is 23.5. The number of rotatable bonds is 7.